The average molecular weight is 384 g/mol. The van der Waals surface area contributed by atoms with E-state index < -0.39 is 5.97 Å². The van der Waals surface area contributed by atoms with E-state index in [1.165, 1.54) is 20.3 Å². The van der Waals surface area contributed by atoms with Crippen LogP contribution in [0.5, 0.6) is 11.5 Å². The number of carboxylic acids is 1. The van der Waals surface area contributed by atoms with Crippen LogP contribution < -0.4 is 14.8 Å². The van der Waals surface area contributed by atoms with Crippen molar-refractivity contribution in [3.05, 3.63) is 58.5 Å². The molecule has 8 heteroatoms. The molecule has 1 saturated heterocycles. The van der Waals surface area contributed by atoms with Crippen molar-refractivity contribution in [3.63, 3.8) is 0 Å². The Kier molecular flexibility index (Phi) is 5.46. The molecule has 2 aromatic rings. The van der Waals surface area contributed by atoms with Crippen molar-refractivity contribution in [1.29, 1.82) is 0 Å². The number of hydrogen-bond donors (Lipinski definition) is 2. The van der Waals surface area contributed by atoms with E-state index >= 15 is 0 Å². The Labute approximate surface area is 159 Å². The fourth-order valence-electron chi connectivity index (χ4n) is 2.51. The molecule has 0 radical (unpaired) electrons. The van der Waals surface area contributed by atoms with Crippen molar-refractivity contribution in [1.82, 2.24) is 5.32 Å². The number of ether oxygens (including phenoxy) is 2. The highest BCUT2D eigenvalue weighted by molar-refractivity contribution is 8.18. The minimum Gasteiger partial charge on any atom is -0.493 e. The van der Waals surface area contributed by atoms with Gasteiger partial charge in [-0.25, -0.2) is 9.79 Å². The molecule has 27 heavy (non-hydrogen) atoms. The lowest BCUT2D eigenvalue weighted by atomic mass is 10.1. The number of nitrogens with zero attached hydrogens (tertiary/aromatic N) is 1. The number of nitrogens with one attached hydrogen (secondary N) is 1. The zero-order valence-corrected chi connectivity index (χ0v) is 15.4. The van der Waals surface area contributed by atoms with E-state index in [0.29, 0.717) is 27.1 Å². The Morgan fingerprint density at radius 2 is 1.93 bits per heavy atom. The van der Waals surface area contributed by atoms with Gasteiger partial charge in [-0.15, -0.1) is 0 Å². The number of carbonyl (C=O) groups is 2. The summed E-state index contributed by atoms with van der Waals surface area (Å²) in [5.74, 6) is -0.334. The second-order valence-corrected chi connectivity index (χ2v) is 6.42. The van der Waals surface area contributed by atoms with Crippen molar-refractivity contribution in [2.24, 2.45) is 4.99 Å². The summed E-state index contributed by atoms with van der Waals surface area (Å²) < 4.78 is 10.6. The number of aliphatic imine (C=N–C) groups is 1. The molecule has 0 unspecified atom stereocenters. The highest BCUT2D eigenvalue weighted by atomic mass is 32.2. The Balaban J connectivity index is 1.93. The highest BCUT2D eigenvalue weighted by Crippen LogP contribution is 2.35. The first-order valence-electron chi connectivity index (χ1n) is 7.86. The predicted molar refractivity (Wildman–Crippen MR) is 104 cm³/mol. The summed E-state index contributed by atoms with van der Waals surface area (Å²) in [5, 5.41) is 12.2. The van der Waals surface area contributed by atoms with Gasteiger partial charge in [-0.3, -0.25) is 4.79 Å². The zero-order valence-electron chi connectivity index (χ0n) is 14.6. The maximum absolute atomic E-state index is 12.3. The third-order valence-electron chi connectivity index (χ3n) is 3.73. The minimum atomic E-state index is -1.08. The minimum absolute atomic E-state index is 0.0618. The normalized spacial score (nSPS) is 16.4. The molecule has 7 nitrogen and oxygen atoms in total. The van der Waals surface area contributed by atoms with Gasteiger partial charge in [0, 0.05) is 5.56 Å². The van der Waals surface area contributed by atoms with E-state index in [1.54, 1.807) is 42.5 Å². The second kappa shape index (κ2) is 7.96. The lowest BCUT2D eigenvalue weighted by Gasteiger charge is -2.10. The third kappa shape index (κ3) is 3.95. The molecule has 0 atom stereocenters. The molecule has 0 saturated carbocycles. The van der Waals surface area contributed by atoms with E-state index in [2.05, 4.69) is 10.3 Å². The number of para-hydroxylation sites is 2. The fourth-order valence-corrected chi connectivity index (χ4v) is 3.33. The first kappa shape index (κ1) is 18.5. The largest absolute Gasteiger partial charge is 0.493 e. The summed E-state index contributed by atoms with van der Waals surface area (Å²) in [7, 11) is 3.06. The van der Waals surface area contributed by atoms with Gasteiger partial charge in [0.15, 0.2) is 16.7 Å². The first-order chi connectivity index (χ1) is 13.0. The predicted octanol–water partition coefficient (Wildman–Crippen LogP) is 3.29. The van der Waals surface area contributed by atoms with Crippen LogP contribution in [0.25, 0.3) is 6.08 Å². The number of amidine groups is 1. The van der Waals surface area contributed by atoms with Gasteiger partial charge >= 0.3 is 5.97 Å². The van der Waals surface area contributed by atoms with Crippen LogP contribution in [0.2, 0.25) is 0 Å². The molecule has 0 aromatic heterocycles. The third-order valence-corrected chi connectivity index (χ3v) is 4.64. The van der Waals surface area contributed by atoms with Gasteiger partial charge in [-0.05, 0) is 36.0 Å². The number of carboxylic acid groups (broad SMARTS) is 1. The molecule has 2 N–H and O–H groups in total. The summed E-state index contributed by atoms with van der Waals surface area (Å²) in [6.07, 6.45) is 1.67. The Bertz CT molecular complexity index is 968. The van der Waals surface area contributed by atoms with Gasteiger partial charge in [0.05, 0.1) is 30.4 Å². The summed E-state index contributed by atoms with van der Waals surface area (Å²) >= 11 is 1.12. The second-order valence-electron chi connectivity index (χ2n) is 5.39. The zero-order chi connectivity index (χ0) is 19.4. The number of hydrogen-bond acceptors (Lipinski definition) is 6. The van der Waals surface area contributed by atoms with Gasteiger partial charge in [-0.1, -0.05) is 24.3 Å². The van der Waals surface area contributed by atoms with Crippen LogP contribution in [0.15, 0.2) is 52.4 Å². The molecule has 0 spiro atoms. The fraction of sp³-hybridized carbons (Fsp3) is 0.105. The molecule has 0 bridgehead atoms. The van der Waals surface area contributed by atoms with Gasteiger partial charge < -0.3 is 19.9 Å². The van der Waals surface area contributed by atoms with E-state index in [9.17, 15) is 14.7 Å². The topological polar surface area (TPSA) is 97.2 Å². The van der Waals surface area contributed by atoms with Crippen LogP contribution in [-0.4, -0.2) is 36.4 Å². The summed E-state index contributed by atoms with van der Waals surface area (Å²) in [5.41, 5.74) is 1.02. The summed E-state index contributed by atoms with van der Waals surface area (Å²) in [6, 6.07) is 11.7. The summed E-state index contributed by atoms with van der Waals surface area (Å²) in [4.78, 5) is 28.3. The van der Waals surface area contributed by atoms with Gasteiger partial charge in [-0.2, -0.15) is 0 Å². The first-order valence-corrected chi connectivity index (χ1v) is 8.68. The molecule has 0 aliphatic carbocycles. The van der Waals surface area contributed by atoms with Crippen molar-refractivity contribution in [3.8, 4) is 11.5 Å². The van der Waals surface area contributed by atoms with E-state index in [1.807, 2.05) is 0 Å². The van der Waals surface area contributed by atoms with Crippen LogP contribution in [0.4, 0.5) is 5.69 Å². The number of rotatable bonds is 5. The monoisotopic (exact) mass is 384 g/mol. The number of aromatic carboxylic acids is 1. The number of benzene rings is 2. The Morgan fingerprint density at radius 1 is 1.15 bits per heavy atom. The SMILES string of the molecule is COc1cccc(/C=C2\SC(=Nc3ccccc3C(=O)O)NC2=O)c1OC. The molecule has 2 aromatic carbocycles. The maximum atomic E-state index is 12.3. The Morgan fingerprint density at radius 3 is 2.63 bits per heavy atom. The van der Waals surface area contributed by atoms with E-state index in [4.69, 9.17) is 9.47 Å². The molecule has 1 aliphatic rings. The summed E-state index contributed by atoms with van der Waals surface area (Å²) in [6.45, 7) is 0. The van der Waals surface area contributed by atoms with Crippen molar-refractivity contribution >= 4 is 40.6 Å². The molecule has 1 aliphatic heterocycles. The molecular weight excluding hydrogens is 368 g/mol. The van der Waals surface area contributed by atoms with Crippen LogP contribution in [0.3, 0.4) is 0 Å². The van der Waals surface area contributed by atoms with Crippen molar-refractivity contribution in [2.45, 2.75) is 0 Å². The number of amides is 1. The molecule has 1 heterocycles. The van der Waals surface area contributed by atoms with Gasteiger partial charge in [0.1, 0.15) is 0 Å². The molecule has 1 fully saturated rings. The average Bonchev–Trinajstić information content (AvgIpc) is 3.00. The standard InChI is InChI=1S/C19H16N2O5S/c1-25-14-9-5-6-11(16(14)26-2)10-15-17(22)21-19(27-15)20-13-8-4-3-7-12(13)18(23)24/h3-10H,1-2H3,(H,23,24)(H,20,21,22)/b15-10-. The van der Waals surface area contributed by atoms with Crippen LogP contribution >= 0.6 is 11.8 Å². The quantitative estimate of drug-likeness (QED) is 0.768. The molecule has 3 rings (SSSR count). The lowest BCUT2D eigenvalue weighted by Crippen LogP contribution is -2.19. The van der Waals surface area contributed by atoms with Gasteiger partial charge in [0.25, 0.3) is 5.91 Å². The van der Waals surface area contributed by atoms with Gasteiger partial charge in [0.2, 0.25) is 0 Å². The highest BCUT2D eigenvalue weighted by Gasteiger charge is 2.25. The van der Waals surface area contributed by atoms with Crippen LogP contribution in [-0.2, 0) is 4.79 Å². The number of thioether (sulfide) groups is 1. The molecular formula is C19H16N2O5S. The molecule has 1 amide bonds. The maximum Gasteiger partial charge on any atom is 0.337 e. The Hall–Kier alpha value is -3.26. The lowest BCUT2D eigenvalue weighted by molar-refractivity contribution is -0.115. The van der Waals surface area contributed by atoms with Crippen LogP contribution in [0.1, 0.15) is 15.9 Å². The number of carbonyl (C=O) groups excluding carboxylic acids is 1. The van der Waals surface area contributed by atoms with E-state index in [-0.39, 0.29) is 17.2 Å². The van der Waals surface area contributed by atoms with Crippen molar-refractivity contribution in [2.75, 3.05) is 14.2 Å². The van der Waals surface area contributed by atoms with Crippen molar-refractivity contribution < 1.29 is 24.2 Å². The smallest absolute Gasteiger partial charge is 0.337 e. The number of methoxy groups -OCH3 is 2. The van der Waals surface area contributed by atoms with E-state index in [0.717, 1.165) is 11.8 Å². The molecule has 138 valence electrons. The van der Waals surface area contributed by atoms with Crippen LogP contribution in [0, 0.1) is 0 Å².